The second-order valence-corrected chi connectivity index (χ2v) is 7.35. The van der Waals surface area contributed by atoms with Crippen LogP contribution < -0.4 is 0 Å². The van der Waals surface area contributed by atoms with E-state index in [-0.39, 0.29) is 18.8 Å². The zero-order valence-corrected chi connectivity index (χ0v) is 11.3. The molecule has 1 rings (SSSR count). The lowest BCUT2D eigenvalue weighted by atomic mass is 10.5. The molecule has 1 aromatic rings. The number of nitrogens with zero attached hydrogens (tertiary/aromatic N) is 1. The first-order valence-corrected chi connectivity index (χ1v) is 7.55. The van der Waals surface area contributed by atoms with Crippen LogP contribution in [0, 0.1) is 0 Å². The summed E-state index contributed by atoms with van der Waals surface area (Å²) in [5.41, 5.74) is 0. The number of hydrogen-bond donors (Lipinski definition) is 1. The van der Waals surface area contributed by atoms with Gasteiger partial charge in [0.05, 0.1) is 10.1 Å². The Labute approximate surface area is 105 Å². The molecule has 1 heterocycles. The Morgan fingerprint density at radius 2 is 2.19 bits per heavy atom. The molecule has 0 aliphatic heterocycles. The van der Waals surface area contributed by atoms with E-state index < -0.39 is 10.0 Å². The van der Waals surface area contributed by atoms with E-state index in [1.165, 1.54) is 22.7 Å². The van der Waals surface area contributed by atoms with Gasteiger partial charge in [0.2, 0.25) is 10.0 Å². The van der Waals surface area contributed by atoms with Crippen molar-refractivity contribution in [2.24, 2.45) is 0 Å². The molecule has 0 saturated carbocycles. The topological polar surface area (TPSA) is 57.6 Å². The first-order chi connectivity index (χ1) is 7.45. The van der Waals surface area contributed by atoms with E-state index >= 15 is 0 Å². The minimum Gasteiger partial charge on any atom is -0.396 e. The van der Waals surface area contributed by atoms with Gasteiger partial charge in [-0.3, -0.25) is 0 Å². The van der Waals surface area contributed by atoms with Gasteiger partial charge in [0, 0.05) is 25.1 Å². The summed E-state index contributed by atoms with van der Waals surface area (Å²) in [5, 5.41) is 8.61. The smallest absolute Gasteiger partial charge is 0.214 e. The molecule has 0 radical (unpaired) electrons. The van der Waals surface area contributed by atoms with Gasteiger partial charge >= 0.3 is 0 Å². The molecule has 0 unspecified atom stereocenters. The molecule has 0 bridgehead atoms. The molecule has 0 spiro atoms. The molecular formula is C9H14ClNO3S2. The van der Waals surface area contributed by atoms with Crippen LogP contribution in [0.5, 0.6) is 0 Å². The predicted octanol–water partition coefficient (Wildman–Crippen LogP) is 1.55. The molecule has 0 aliphatic rings. The first-order valence-electron chi connectivity index (χ1n) is 4.75. The summed E-state index contributed by atoms with van der Waals surface area (Å²) in [6.45, 7) is 0.211. The Hall–Kier alpha value is -0.140. The molecule has 7 heteroatoms. The Morgan fingerprint density at radius 3 is 2.69 bits per heavy atom. The largest absolute Gasteiger partial charge is 0.396 e. The Balaban J connectivity index is 2.61. The van der Waals surface area contributed by atoms with Gasteiger partial charge in [-0.1, -0.05) is 11.6 Å². The van der Waals surface area contributed by atoms with Crippen LogP contribution >= 0.6 is 22.9 Å². The number of sulfonamides is 1. The van der Waals surface area contributed by atoms with E-state index in [0.717, 1.165) is 4.88 Å². The van der Waals surface area contributed by atoms with E-state index in [0.29, 0.717) is 10.9 Å². The lowest BCUT2D eigenvalue weighted by Gasteiger charge is -2.15. The van der Waals surface area contributed by atoms with Crippen LogP contribution in [0.1, 0.15) is 11.3 Å². The van der Waals surface area contributed by atoms with Crippen LogP contribution in [0.25, 0.3) is 0 Å². The van der Waals surface area contributed by atoms with Gasteiger partial charge in [-0.25, -0.2) is 8.42 Å². The van der Waals surface area contributed by atoms with Gasteiger partial charge in [-0.05, 0) is 18.6 Å². The molecule has 4 nitrogen and oxygen atoms in total. The van der Waals surface area contributed by atoms with Crippen molar-refractivity contribution in [1.82, 2.24) is 4.31 Å². The third-order valence-corrected chi connectivity index (χ3v) is 5.14. The van der Waals surface area contributed by atoms with Crippen molar-refractivity contribution >= 4 is 33.0 Å². The van der Waals surface area contributed by atoms with Crippen molar-refractivity contribution in [3.8, 4) is 0 Å². The second kappa shape index (κ2) is 5.97. The normalized spacial score (nSPS) is 12.2. The summed E-state index contributed by atoms with van der Waals surface area (Å²) in [5.74, 6) is -0.0287. The van der Waals surface area contributed by atoms with Gasteiger partial charge < -0.3 is 5.11 Å². The van der Waals surface area contributed by atoms with Crippen molar-refractivity contribution < 1.29 is 13.5 Å². The zero-order valence-electron chi connectivity index (χ0n) is 8.89. The molecule has 1 aromatic heterocycles. The number of aliphatic hydroxyl groups is 1. The summed E-state index contributed by atoms with van der Waals surface area (Å²) in [4.78, 5) is 0.903. The van der Waals surface area contributed by atoms with Crippen LogP contribution in [-0.4, -0.2) is 37.2 Å². The van der Waals surface area contributed by atoms with Gasteiger partial charge in [-0.2, -0.15) is 4.31 Å². The van der Waals surface area contributed by atoms with E-state index in [4.69, 9.17) is 16.7 Å². The fourth-order valence-corrected chi connectivity index (χ4v) is 3.52. The third-order valence-electron chi connectivity index (χ3n) is 2.04. The molecule has 92 valence electrons. The first kappa shape index (κ1) is 13.9. The molecule has 0 aliphatic carbocycles. The highest BCUT2D eigenvalue weighted by Gasteiger charge is 2.17. The van der Waals surface area contributed by atoms with Crippen LogP contribution in [0.3, 0.4) is 0 Å². The fourth-order valence-electron chi connectivity index (χ4n) is 1.16. The van der Waals surface area contributed by atoms with E-state index in [9.17, 15) is 8.42 Å². The fraction of sp³-hybridized carbons (Fsp3) is 0.556. The molecule has 0 saturated heterocycles. The van der Waals surface area contributed by atoms with Gasteiger partial charge in [-0.15, -0.1) is 11.3 Å². The lowest BCUT2D eigenvalue weighted by Crippen LogP contribution is -2.28. The highest BCUT2D eigenvalue weighted by atomic mass is 35.5. The van der Waals surface area contributed by atoms with Crippen molar-refractivity contribution in [2.75, 3.05) is 19.4 Å². The van der Waals surface area contributed by atoms with Gasteiger partial charge in [0.15, 0.2) is 0 Å². The predicted molar refractivity (Wildman–Crippen MR) is 66.3 cm³/mol. The third kappa shape index (κ3) is 4.03. The van der Waals surface area contributed by atoms with Crippen LogP contribution in [0.15, 0.2) is 12.1 Å². The highest BCUT2D eigenvalue weighted by Crippen LogP contribution is 2.23. The monoisotopic (exact) mass is 283 g/mol. The summed E-state index contributed by atoms with van der Waals surface area (Å²) in [7, 11) is -1.75. The lowest BCUT2D eigenvalue weighted by molar-refractivity contribution is 0.294. The number of aliphatic hydroxyl groups excluding tert-OH is 1. The van der Waals surface area contributed by atoms with Crippen molar-refractivity contribution in [1.29, 1.82) is 0 Å². The minimum atomic E-state index is -3.27. The van der Waals surface area contributed by atoms with Crippen LogP contribution in [-0.2, 0) is 16.6 Å². The molecule has 0 amide bonds. The average molecular weight is 284 g/mol. The maximum absolute atomic E-state index is 11.7. The van der Waals surface area contributed by atoms with E-state index in [2.05, 4.69) is 0 Å². The van der Waals surface area contributed by atoms with Crippen molar-refractivity contribution in [3.63, 3.8) is 0 Å². The molecule has 16 heavy (non-hydrogen) atoms. The van der Waals surface area contributed by atoms with E-state index in [1.807, 2.05) is 6.07 Å². The SMILES string of the molecule is CN(Cc1ccc(Cl)s1)S(=O)(=O)CCCO. The van der Waals surface area contributed by atoms with Crippen molar-refractivity contribution in [2.45, 2.75) is 13.0 Å². The average Bonchev–Trinajstić information content (AvgIpc) is 2.61. The molecular weight excluding hydrogens is 270 g/mol. The molecule has 0 fully saturated rings. The summed E-state index contributed by atoms with van der Waals surface area (Å²) in [6, 6.07) is 3.56. The number of halogens is 1. The maximum Gasteiger partial charge on any atom is 0.214 e. The summed E-state index contributed by atoms with van der Waals surface area (Å²) >= 11 is 7.13. The van der Waals surface area contributed by atoms with Crippen LogP contribution in [0.4, 0.5) is 0 Å². The Bertz CT molecular complexity index is 430. The standard InChI is InChI=1S/C9H14ClNO3S2/c1-11(16(13,14)6-2-5-12)7-8-3-4-9(10)15-8/h3-4,12H,2,5-7H2,1H3. The number of rotatable bonds is 6. The minimum absolute atomic E-state index is 0.0287. The number of thiophene rings is 1. The summed E-state index contributed by atoms with van der Waals surface area (Å²) < 4.78 is 25.3. The molecule has 0 aromatic carbocycles. The van der Waals surface area contributed by atoms with Gasteiger partial charge in [0.1, 0.15) is 0 Å². The molecule has 1 N–H and O–H groups in total. The zero-order chi connectivity index (χ0) is 12.2. The quantitative estimate of drug-likeness (QED) is 0.862. The maximum atomic E-state index is 11.7. The molecule has 0 atom stereocenters. The number of hydrogen-bond acceptors (Lipinski definition) is 4. The van der Waals surface area contributed by atoms with Crippen LogP contribution in [0.2, 0.25) is 4.34 Å². The second-order valence-electron chi connectivity index (χ2n) is 3.36. The van der Waals surface area contributed by atoms with Crippen molar-refractivity contribution in [3.05, 3.63) is 21.3 Å². The van der Waals surface area contributed by atoms with E-state index in [1.54, 1.807) is 6.07 Å². The Kier molecular flexibility index (Phi) is 5.20. The van der Waals surface area contributed by atoms with Gasteiger partial charge in [0.25, 0.3) is 0 Å². The summed E-state index contributed by atoms with van der Waals surface area (Å²) in [6.07, 6.45) is 0.262. The Morgan fingerprint density at radius 1 is 1.50 bits per heavy atom. The highest BCUT2D eigenvalue weighted by molar-refractivity contribution is 7.89.